The predicted molar refractivity (Wildman–Crippen MR) is 79.5 cm³/mol. The summed E-state index contributed by atoms with van der Waals surface area (Å²) in [7, 11) is 1.77. The molecular formula is C15H19N5O2. The number of aliphatic hydroxyl groups is 1. The molecule has 7 nitrogen and oxygen atoms in total. The van der Waals surface area contributed by atoms with Gasteiger partial charge in [-0.25, -0.2) is 4.68 Å². The van der Waals surface area contributed by atoms with E-state index in [2.05, 4.69) is 15.5 Å². The van der Waals surface area contributed by atoms with Crippen LogP contribution in [0.5, 0.6) is 0 Å². The van der Waals surface area contributed by atoms with E-state index in [0.29, 0.717) is 12.1 Å². The summed E-state index contributed by atoms with van der Waals surface area (Å²) in [5.74, 6) is 0.116. The topological polar surface area (TPSA) is 84.1 Å². The lowest BCUT2D eigenvalue weighted by molar-refractivity contribution is 0.0693. The Kier molecular flexibility index (Phi) is 4.15. The Morgan fingerprint density at radius 3 is 3.00 bits per heavy atom. The fraction of sp³-hybridized carbons (Fsp3) is 0.467. The SMILES string of the molecule is CN(CC1CCCC1O)C(=O)c1cccc(-n2cnnn2)c1. The highest BCUT2D eigenvalue weighted by molar-refractivity contribution is 5.94. The van der Waals surface area contributed by atoms with Crippen LogP contribution in [-0.4, -0.2) is 55.8 Å². The van der Waals surface area contributed by atoms with Crippen LogP contribution in [0.3, 0.4) is 0 Å². The van der Waals surface area contributed by atoms with E-state index in [-0.39, 0.29) is 17.9 Å². The number of benzene rings is 1. The summed E-state index contributed by atoms with van der Waals surface area (Å²) in [5.41, 5.74) is 1.33. The Labute approximate surface area is 128 Å². The molecular weight excluding hydrogens is 282 g/mol. The first-order valence-corrected chi connectivity index (χ1v) is 7.42. The summed E-state index contributed by atoms with van der Waals surface area (Å²) in [6.07, 6.45) is 4.04. The molecule has 1 fully saturated rings. The van der Waals surface area contributed by atoms with Crippen molar-refractivity contribution in [3.63, 3.8) is 0 Å². The maximum Gasteiger partial charge on any atom is 0.253 e. The second-order valence-electron chi connectivity index (χ2n) is 5.75. The molecule has 1 heterocycles. The first-order chi connectivity index (χ1) is 10.6. The van der Waals surface area contributed by atoms with Crippen molar-refractivity contribution in [2.75, 3.05) is 13.6 Å². The van der Waals surface area contributed by atoms with Gasteiger partial charge < -0.3 is 10.0 Å². The van der Waals surface area contributed by atoms with Gasteiger partial charge in [-0.1, -0.05) is 12.5 Å². The molecule has 0 aliphatic heterocycles. The van der Waals surface area contributed by atoms with Gasteiger partial charge in [-0.3, -0.25) is 4.79 Å². The molecule has 1 N–H and O–H groups in total. The lowest BCUT2D eigenvalue weighted by Crippen LogP contribution is -2.34. The summed E-state index contributed by atoms with van der Waals surface area (Å²) in [5, 5.41) is 20.9. The number of aromatic nitrogens is 4. The highest BCUT2D eigenvalue weighted by Gasteiger charge is 2.27. The number of hydrogen-bond acceptors (Lipinski definition) is 5. The highest BCUT2D eigenvalue weighted by atomic mass is 16.3. The van der Waals surface area contributed by atoms with Gasteiger partial charge >= 0.3 is 0 Å². The van der Waals surface area contributed by atoms with E-state index in [9.17, 15) is 9.90 Å². The Balaban J connectivity index is 1.73. The van der Waals surface area contributed by atoms with Crippen molar-refractivity contribution < 1.29 is 9.90 Å². The molecule has 1 aliphatic rings. The third-order valence-corrected chi connectivity index (χ3v) is 4.18. The second kappa shape index (κ2) is 6.23. The van der Waals surface area contributed by atoms with Crippen LogP contribution < -0.4 is 0 Å². The zero-order valence-corrected chi connectivity index (χ0v) is 12.5. The Hall–Kier alpha value is -2.28. The first kappa shape index (κ1) is 14.6. The Morgan fingerprint density at radius 2 is 2.32 bits per heavy atom. The normalized spacial score (nSPS) is 21.0. The fourth-order valence-corrected chi connectivity index (χ4v) is 2.95. The monoisotopic (exact) mass is 301 g/mol. The maximum absolute atomic E-state index is 12.5. The molecule has 1 amide bonds. The van der Waals surface area contributed by atoms with Gasteiger partial charge in [-0.05, 0) is 41.5 Å². The van der Waals surface area contributed by atoms with Crippen molar-refractivity contribution >= 4 is 5.91 Å². The van der Waals surface area contributed by atoms with E-state index in [1.165, 1.54) is 11.0 Å². The maximum atomic E-state index is 12.5. The van der Waals surface area contributed by atoms with E-state index >= 15 is 0 Å². The number of hydrogen-bond donors (Lipinski definition) is 1. The number of carbonyl (C=O) groups is 1. The standard InChI is InChI=1S/C15H19N5O2/c1-19(9-12-5-3-7-14(12)21)15(22)11-4-2-6-13(8-11)20-10-16-17-18-20/h2,4,6,8,10,12,14,21H,3,5,7,9H2,1H3. The molecule has 116 valence electrons. The van der Waals surface area contributed by atoms with Crippen LogP contribution in [0.4, 0.5) is 0 Å². The highest BCUT2D eigenvalue weighted by Crippen LogP contribution is 2.26. The lowest BCUT2D eigenvalue weighted by Gasteiger charge is -2.23. The molecule has 22 heavy (non-hydrogen) atoms. The zero-order chi connectivity index (χ0) is 15.5. The van der Waals surface area contributed by atoms with Crippen LogP contribution in [0.15, 0.2) is 30.6 Å². The Bertz CT molecular complexity index is 643. The number of aliphatic hydroxyl groups excluding tert-OH is 1. The van der Waals surface area contributed by atoms with Crippen LogP contribution in [0.1, 0.15) is 29.6 Å². The summed E-state index contributed by atoms with van der Waals surface area (Å²) < 4.78 is 1.51. The van der Waals surface area contributed by atoms with Gasteiger partial charge in [0.2, 0.25) is 0 Å². The largest absolute Gasteiger partial charge is 0.393 e. The summed E-state index contributed by atoms with van der Waals surface area (Å²) in [4.78, 5) is 14.2. The third kappa shape index (κ3) is 2.99. The average Bonchev–Trinajstić information content (AvgIpc) is 3.19. The van der Waals surface area contributed by atoms with Gasteiger partial charge in [-0.15, -0.1) is 5.10 Å². The quantitative estimate of drug-likeness (QED) is 0.907. The van der Waals surface area contributed by atoms with Crippen molar-refractivity contribution in [3.05, 3.63) is 36.2 Å². The van der Waals surface area contributed by atoms with E-state index in [0.717, 1.165) is 24.9 Å². The lowest BCUT2D eigenvalue weighted by atomic mass is 10.1. The molecule has 0 saturated heterocycles. The molecule has 2 atom stereocenters. The molecule has 0 bridgehead atoms. The van der Waals surface area contributed by atoms with E-state index < -0.39 is 0 Å². The van der Waals surface area contributed by atoms with Crippen LogP contribution in [0.2, 0.25) is 0 Å². The summed E-state index contributed by atoms with van der Waals surface area (Å²) in [6, 6.07) is 7.19. The van der Waals surface area contributed by atoms with Crippen molar-refractivity contribution in [2.45, 2.75) is 25.4 Å². The molecule has 3 rings (SSSR count). The molecule has 1 saturated carbocycles. The average molecular weight is 301 g/mol. The van der Waals surface area contributed by atoms with Crippen molar-refractivity contribution in [1.29, 1.82) is 0 Å². The van der Waals surface area contributed by atoms with Crippen LogP contribution in [0.25, 0.3) is 5.69 Å². The molecule has 1 aliphatic carbocycles. The molecule has 0 spiro atoms. The smallest absolute Gasteiger partial charge is 0.253 e. The van der Waals surface area contributed by atoms with Gasteiger partial charge in [0.1, 0.15) is 6.33 Å². The van der Waals surface area contributed by atoms with Gasteiger partial charge in [0.15, 0.2) is 0 Å². The van der Waals surface area contributed by atoms with Crippen molar-refractivity contribution in [3.8, 4) is 5.69 Å². The summed E-state index contributed by atoms with van der Waals surface area (Å²) >= 11 is 0. The number of tetrazole rings is 1. The van der Waals surface area contributed by atoms with Crippen molar-refractivity contribution in [2.24, 2.45) is 5.92 Å². The third-order valence-electron chi connectivity index (χ3n) is 4.18. The minimum Gasteiger partial charge on any atom is -0.393 e. The van der Waals surface area contributed by atoms with Gasteiger partial charge in [0, 0.05) is 25.1 Å². The minimum atomic E-state index is -0.289. The van der Waals surface area contributed by atoms with Crippen LogP contribution in [-0.2, 0) is 0 Å². The minimum absolute atomic E-state index is 0.0611. The molecule has 0 radical (unpaired) electrons. The molecule has 1 aromatic carbocycles. The second-order valence-corrected chi connectivity index (χ2v) is 5.75. The van der Waals surface area contributed by atoms with Gasteiger partial charge in [0.25, 0.3) is 5.91 Å². The van der Waals surface area contributed by atoms with Crippen LogP contribution >= 0.6 is 0 Å². The number of rotatable bonds is 4. The molecule has 1 aromatic heterocycles. The van der Waals surface area contributed by atoms with Crippen LogP contribution in [0, 0.1) is 5.92 Å². The number of nitrogens with zero attached hydrogens (tertiary/aromatic N) is 5. The number of amides is 1. The van der Waals surface area contributed by atoms with Crippen molar-refractivity contribution in [1.82, 2.24) is 25.1 Å². The van der Waals surface area contributed by atoms with Gasteiger partial charge in [-0.2, -0.15) is 0 Å². The van der Waals surface area contributed by atoms with E-state index in [1.54, 1.807) is 24.1 Å². The summed E-state index contributed by atoms with van der Waals surface area (Å²) in [6.45, 7) is 0.578. The fourth-order valence-electron chi connectivity index (χ4n) is 2.95. The first-order valence-electron chi connectivity index (χ1n) is 7.42. The molecule has 2 unspecified atom stereocenters. The van der Waals surface area contributed by atoms with E-state index in [4.69, 9.17) is 0 Å². The van der Waals surface area contributed by atoms with Gasteiger partial charge in [0.05, 0.1) is 11.8 Å². The zero-order valence-electron chi connectivity index (χ0n) is 12.5. The Morgan fingerprint density at radius 1 is 1.45 bits per heavy atom. The number of carbonyl (C=O) groups excluding carboxylic acids is 1. The molecule has 7 heteroatoms. The predicted octanol–water partition coefficient (Wildman–Crippen LogP) is 0.895. The molecule has 2 aromatic rings. The van der Waals surface area contributed by atoms with E-state index in [1.807, 2.05) is 12.1 Å².